The minimum absolute atomic E-state index is 0. The van der Waals surface area contributed by atoms with Gasteiger partial charge in [0, 0.05) is 20.9 Å². The molecule has 35 heavy (non-hydrogen) atoms. The molecule has 4 rings (SSSR count). The number of amides is 1. The SMILES string of the molecule is C[C@@H](NC(=O)[C@H](C1=C=C(C(F)(F)F)C1)n1c(=O)[nH]c2ccc(F)cc2c1=O)c1ncc(F)cc1F.[HH].[HH]. The Balaban J connectivity index is 0.00000241. The van der Waals surface area contributed by atoms with E-state index in [4.69, 9.17) is 0 Å². The summed E-state index contributed by atoms with van der Waals surface area (Å²) in [6.45, 7) is 1.26. The quantitative estimate of drug-likeness (QED) is 0.411. The number of carbonyl (C=O) groups excluding carboxylic acids is 1. The highest BCUT2D eigenvalue weighted by Gasteiger charge is 2.42. The maximum atomic E-state index is 14.1. The van der Waals surface area contributed by atoms with E-state index in [9.17, 15) is 40.7 Å². The average Bonchev–Trinajstić information content (AvgIpc) is 2.71. The Hall–Kier alpha value is -4.12. The zero-order chi connectivity index (χ0) is 25.7. The van der Waals surface area contributed by atoms with Crippen LogP contribution in [-0.4, -0.2) is 26.6 Å². The molecular formula is C22H18F6N4O3. The van der Waals surface area contributed by atoms with E-state index >= 15 is 0 Å². The molecule has 2 atom stereocenters. The van der Waals surface area contributed by atoms with Gasteiger partial charge in [-0.25, -0.2) is 22.5 Å². The number of carbonyl (C=O) groups is 1. The predicted octanol–water partition coefficient (Wildman–Crippen LogP) is 3.83. The van der Waals surface area contributed by atoms with Gasteiger partial charge in [-0.2, -0.15) is 13.2 Å². The Morgan fingerprint density at radius 2 is 1.89 bits per heavy atom. The third-order valence-electron chi connectivity index (χ3n) is 5.35. The largest absolute Gasteiger partial charge is 0.420 e. The van der Waals surface area contributed by atoms with Crippen LogP contribution >= 0.6 is 0 Å². The number of benzene rings is 1. The number of nitrogens with one attached hydrogen (secondary N) is 2. The second-order valence-electron chi connectivity index (χ2n) is 7.75. The van der Waals surface area contributed by atoms with Crippen LogP contribution in [0.25, 0.3) is 10.9 Å². The fraction of sp³-hybridized carbons (Fsp3) is 0.227. The molecule has 0 fully saturated rings. The van der Waals surface area contributed by atoms with Crippen LogP contribution in [0.5, 0.6) is 0 Å². The van der Waals surface area contributed by atoms with Crippen LogP contribution in [0, 0.1) is 17.5 Å². The van der Waals surface area contributed by atoms with E-state index in [0.717, 1.165) is 18.2 Å². The number of H-pyrrole nitrogens is 1. The topological polar surface area (TPSA) is 96.9 Å². The molecule has 0 bridgehead atoms. The third-order valence-corrected chi connectivity index (χ3v) is 5.35. The Bertz CT molecular complexity index is 1560. The number of halogens is 6. The van der Waals surface area contributed by atoms with Gasteiger partial charge in [0.15, 0.2) is 0 Å². The van der Waals surface area contributed by atoms with E-state index in [2.05, 4.69) is 15.3 Å². The molecule has 2 heterocycles. The predicted molar refractivity (Wildman–Crippen MR) is 114 cm³/mol. The molecular weight excluding hydrogens is 482 g/mol. The summed E-state index contributed by atoms with van der Waals surface area (Å²) in [6, 6.07) is 0.252. The smallest absolute Gasteiger partial charge is 0.346 e. The molecule has 3 aromatic rings. The number of nitrogens with zero attached hydrogens (tertiary/aromatic N) is 2. The van der Waals surface area contributed by atoms with Gasteiger partial charge in [-0.1, -0.05) is 0 Å². The van der Waals surface area contributed by atoms with Crippen molar-refractivity contribution in [3.63, 3.8) is 0 Å². The molecule has 0 saturated carbocycles. The zero-order valence-electron chi connectivity index (χ0n) is 17.6. The highest BCUT2D eigenvalue weighted by Crippen LogP contribution is 2.39. The molecule has 7 nitrogen and oxygen atoms in total. The van der Waals surface area contributed by atoms with Gasteiger partial charge in [0.1, 0.15) is 23.5 Å². The van der Waals surface area contributed by atoms with Crippen LogP contribution in [0.4, 0.5) is 26.3 Å². The fourth-order valence-corrected chi connectivity index (χ4v) is 3.67. The number of fused-ring (bicyclic) bond motifs is 1. The van der Waals surface area contributed by atoms with Crippen LogP contribution in [0.1, 0.15) is 34.0 Å². The lowest BCUT2D eigenvalue weighted by Crippen LogP contribution is -2.46. The van der Waals surface area contributed by atoms with Crippen LogP contribution in [-0.2, 0) is 4.79 Å². The molecule has 186 valence electrons. The number of alkyl halides is 3. The first kappa shape index (κ1) is 24.0. The fourth-order valence-electron chi connectivity index (χ4n) is 3.67. The van der Waals surface area contributed by atoms with E-state index in [1.807, 2.05) is 5.73 Å². The molecule has 0 unspecified atom stereocenters. The van der Waals surface area contributed by atoms with Crippen LogP contribution in [0.3, 0.4) is 0 Å². The summed E-state index contributed by atoms with van der Waals surface area (Å²) in [4.78, 5) is 44.7. The summed E-state index contributed by atoms with van der Waals surface area (Å²) >= 11 is 0. The monoisotopic (exact) mass is 500 g/mol. The van der Waals surface area contributed by atoms with Crippen LogP contribution in [0.2, 0.25) is 0 Å². The normalized spacial score (nSPS) is 15.2. The summed E-state index contributed by atoms with van der Waals surface area (Å²) < 4.78 is 80.3. The van der Waals surface area contributed by atoms with Gasteiger partial charge < -0.3 is 10.3 Å². The van der Waals surface area contributed by atoms with Crippen molar-refractivity contribution < 1.29 is 34.0 Å². The highest BCUT2D eigenvalue weighted by molar-refractivity contribution is 5.85. The molecule has 0 aliphatic heterocycles. The van der Waals surface area contributed by atoms with Crippen molar-refractivity contribution in [2.45, 2.75) is 31.6 Å². The highest BCUT2D eigenvalue weighted by atomic mass is 19.4. The first-order chi connectivity index (χ1) is 16.4. The van der Waals surface area contributed by atoms with E-state index in [-0.39, 0.29) is 19.3 Å². The minimum atomic E-state index is -4.75. The van der Waals surface area contributed by atoms with E-state index in [1.165, 1.54) is 6.92 Å². The van der Waals surface area contributed by atoms with Gasteiger partial charge >= 0.3 is 11.9 Å². The Labute approximate surface area is 194 Å². The molecule has 13 heteroatoms. The molecule has 2 aromatic heterocycles. The maximum Gasteiger partial charge on any atom is 0.420 e. The van der Waals surface area contributed by atoms with Crippen LogP contribution < -0.4 is 16.6 Å². The molecule has 1 aliphatic rings. The molecule has 1 aliphatic carbocycles. The van der Waals surface area contributed by atoms with Crippen molar-refractivity contribution in [3.8, 4) is 0 Å². The van der Waals surface area contributed by atoms with Gasteiger partial charge in [-0.3, -0.25) is 14.6 Å². The average molecular weight is 500 g/mol. The Morgan fingerprint density at radius 1 is 1.20 bits per heavy atom. The molecule has 2 N–H and O–H groups in total. The van der Waals surface area contributed by atoms with Crippen molar-refractivity contribution in [1.82, 2.24) is 19.9 Å². The van der Waals surface area contributed by atoms with Gasteiger partial charge in [-0.15, -0.1) is 5.73 Å². The minimum Gasteiger partial charge on any atom is -0.346 e. The summed E-state index contributed by atoms with van der Waals surface area (Å²) in [5.41, 5.74) is -2.24. The second kappa shape index (κ2) is 8.58. The third kappa shape index (κ3) is 4.50. The van der Waals surface area contributed by atoms with Gasteiger partial charge in [0.2, 0.25) is 5.91 Å². The van der Waals surface area contributed by atoms with Gasteiger partial charge in [0.25, 0.3) is 5.56 Å². The number of rotatable bonds is 5. The van der Waals surface area contributed by atoms with E-state index < -0.39 is 70.6 Å². The van der Waals surface area contributed by atoms with Crippen molar-refractivity contribution in [1.29, 1.82) is 0 Å². The molecule has 0 spiro atoms. The molecule has 1 amide bonds. The first-order valence-electron chi connectivity index (χ1n) is 9.98. The summed E-state index contributed by atoms with van der Waals surface area (Å²) in [6.07, 6.45) is -4.87. The van der Waals surface area contributed by atoms with Gasteiger partial charge in [-0.05, 0) is 25.1 Å². The lowest BCUT2D eigenvalue weighted by atomic mass is 9.90. The lowest BCUT2D eigenvalue weighted by molar-refractivity contribution is -0.124. The standard InChI is InChI=1S/C22H14F6N4O3.2H2/c1-9(17-15(25)7-13(24)8-29-17)30-19(33)18(10-4-11(5-10)22(26,27)28)32-20(34)14-6-12(23)2-3-16(14)31-21(32)35;;/h2-3,6-9,18H,4H2,1H3,(H,30,33)(H,31,35);2*1H/t9-,18+;;/m1../s1. The van der Waals surface area contributed by atoms with Crippen LogP contribution in [0.15, 0.2) is 56.9 Å². The number of pyridine rings is 1. The summed E-state index contributed by atoms with van der Waals surface area (Å²) in [5, 5.41) is 1.94. The zero-order valence-corrected chi connectivity index (χ0v) is 17.6. The summed E-state index contributed by atoms with van der Waals surface area (Å²) in [7, 11) is 0. The molecule has 1 aromatic carbocycles. The number of hydrogen-bond donors (Lipinski definition) is 2. The van der Waals surface area contributed by atoms with Crippen molar-refractivity contribution in [3.05, 3.63) is 91.3 Å². The van der Waals surface area contributed by atoms with Gasteiger partial charge in [0.05, 0.1) is 34.4 Å². The number of hydrogen-bond acceptors (Lipinski definition) is 4. The Kier molecular flexibility index (Phi) is 5.89. The first-order valence-corrected chi connectivity index (χ1v) is 9.98. The van der Waals surface area contributed by atoms with E-state index in [0.29, 0.717) is 16.8 Å². The second-order valence-corrected chi connectivity index (χ2v) is 7.75. The number of aromatic nitrogens is 3. The van der Waals surface area contributed by atoms with E-state index in [1.54, 1.807) is 0 Å². The van der Waals surface area contributed by atoms with Crippen molar-refractivity contribution >= 4 is 16.8 Å². The van der Waals surface area contributed by atoms with Crippen molar-refractivity contribution in [2.24, 2.45) is 0 Å². The summed E-state index contributed by atoms with van der Waals surface area (Å²) in [5.74, 6) is -4.07. The Morgan fingerprint density at radius 3 is 2.51 bits per heavy atom. The lowest BCUT2D eigenvalue weighted by Gasteiger charge is -2.27. The van der Waals surface area contributed by atoms with Crippen molar-refractivity contribution in [2.75, 3.05) is 0 Å². The number of aromatic amines is 1. The molecule has 0 radical (unpaired) electrons. The molecule has 0 saturated heterocycles. The maximum absolute atomic E-state index is 14.1.